The molecule has 0 radical (unpaired) electrons. The third-order valence-electron chi connectivity index (χ3n) is 4.56. The standard InChI is InChI=1S/C18H24N6O4/c1-10-8-13-14(9-12(10)20-5-4-19)24(6-2-11(26)3-7-25)16-15(21-13)17(27)23-18(28)22-16/h8-9,11,20,25-26H,2-7,19H2,1H3,(H,23,27,28)/t11-/m0/s1. The topological polar surface area (TPSA) is 159 Å². The summed E-state index contributed by atoms with van der Waals surface area (Å²) in [6, 6.07) is 3.72. The molecule has 0 saturated carbocycles. The highest BCUT2D eigenvalue weighted by molar-refractivity contribution is 5.84. The summed E-state index contributed by atoms with van der Waals surface area (Å²) in [6.07, 6.45) is -0.156. The smallest absolute Gasteiger partial charge is 0.349 e. The third-order valence-corrected chi connectivity index (χ3v) is 4.56. The molecule has 0 aromatic heterocycles. The Morgan fingerprint density at radius 3 is 2.79 bits per heavy atom. The minimum atomic E-state index is -0.753. The highest BCUT2D eigenvalue weighted by Crippen LogP contribution is 2.27. The Kier molecular flexibility index (Phi) is 6.02. The number of nitrogens with zero attached hydrogens (tertiary/aromatic N) is 3. The first-order valence-electron chi connectivity index (χ1n) is 9.12. The Labute approximate surface area is 160 Å². The van der Waals surface area contributed by atoms with Crippen LogP contribution in [-0.2, 0) is 6.54 Å². The molecular weight excluding hydrogens is 364 g/mol. The summed E-state index contributed by atoms with van der Waals surface area (Å²) in [5.74, 6) is 0.158. The molecule has 150 valence electrons. The van der Waals surface area contributed by atoms with Gasteiger partial charge in [0.1, 0.15) is 0 Å². The van der Waals surface area contributed by atoms with Crippen LogP contribution in [0.4, 0.5) is 5.69 Å². The maximum atomic E-state index is 12.2. The lowest BCUT2D eigenvalue weighted by molar-refractivity contribution is 0.121. The van der Waals surface area contributed by atoms with Crippen LogP contribution in [0.2, 0.25) is 0 Å². The number of nitrogens with one attached hydrogen (secondary N) is 2. The predicted octanol–water partition coefficient (Wildman–Crippen LogP) is -0.603. The van der Waals surface area contributed by atoms with Gasteiger partial charge in [-0.3, -0.25) is 9.78 Å². The molecule has 0 aliphatic carbocycles. The van der Waals surface area contributed by atoms with Gasteiger partial charge < -0.3 is 25.8 Å². The molecule has 2 aliphatic heterocycles. The number of aromatic nitrogens is 4. The Morgan fingerprint density at radius 2 is 2.07 bits per heavy atom. The number of H-pyrrole nitrogens is 1. The Hall–Kier alpha value is -2.82. The summed E-state index contributed by atoms with van der Waals surface area (Å²) in [7, 11) is 0. The van der Waals surface area contributed by atoms with Crippen LogP contribution < -0.4 is 22.3 Å². The molecule has 10 nitrogen and oxygen atoms in total. The van der Waals surface area contributed by atoms with Crippen molar-refractivity contribution in [2.75, 3.05) is 25.0 Å². The zero-order chi connectivity index (χ0) is 20.3. The quantitative estimate of drug-likeness (QED) is 0.320. The number of fused-ring (bicyclic) bond motifs is 2. The minimum absolute atomic E-state index is 0.0609. The van der Waals surface area contributed by atoms with Gasteiger partial charge in [0, 0.05) is 31.9 Å². The number of benzene rings is 1. The van der Waals surface area contributed by atoms with Gasteiger partial charge in [0.2, 0.25) is 0 Å². The van der Waals surface area contributed by atoms with Crippen LogP contribution in [0, 0.1) is 6.92 Å². The summed E-state index contributed by atoms with van der Waals surface area (Å²) in [5, 5.41) is 22.3. The van der Waals surface area contributed by atoms with Gasteiger partial charge in [-0.15, -0.1) is 0 Å². The fraction of sp³-hybridized carbons (Fsp3) is 0.444. The van der Waals surface area contributed by atoms with Gasteiger partial charge in [-0.05, 0) is 37.5 Å². The second kappa shape index (κ2) is 8.46. The maximum Gasteiger partial charge on any atom is 0.349 e. The van der Waals surface area contributed by atoms with Crippen LogP contribution in [-0.4, -0.2) is 55.5 Å². The lowest BCUT2D eigenvalue weighted by Crippen LogP contribution is -2.29. The molecule has 0 saturated heterocycles. The van der Waals surface area contributed by atoms with Crippen LogP contribution in [0.1, 0.15) is 18.4 Å². The summed E-state index contributed by atoms with van der Waals surface area (Å²) >= 11 is 0. The van der Waals surface area contributed by atoms with Gasteiger partial charge in [0.05, 0.1) is 17.1 Å². The van der Waals surface area contributed by atoms with Gasteiger partial charge in [0.25, 0.3) is 5.56 Å². The lowest BCUT2D eigenvalue weighted by Gasteiger charge is -2.19. The lowest BCUT2D eigenvalue weighted by atomic mass is 10.1. The largest absolute Gasteiger partial charge is 0.396 e. The molecule has 28 heavy (non-hydrogen) atoms. The van der Waals surface area contributed by atoms with Crippen molar-refractivity contribution in [3.63, 3.8) is 0 Å². The molecule has 10 heteroatoms. The van der Waals surface area contributed by atoms with E-state index in [-0.39, 0.29) is 24.5 Å². The van der Waals surface area contributed by atoms with Gasteiger partial charge >= 0.3 is 5.69 Å². The van der Waals surface area contributed by atoms with Gasteiger partial charge in [-0.1, -0.05) is 0 Å². The second-order valence-corrected chi connectivity index (χ2v) is 6.63. The van der Waals surface area contributed by atoms with Gasteiger partial charge in [0.15, 0.2) is 11.5 Å². The molecule has 2 aliphatic rings. The SMILES string of the molecule is Cc1cc2nc3c(=O)[nH]c(=O)nc-3n(CC[C@H](O)CCO)c2cc1NCCN. The van der Waals surface area contributed by atoms with E-state index < -0.39 is 17.4 Å². The number of aromatic amines is 1. The summed E-state index contributed by atoms with van der Waals surface area (Å²) in [4.78, 5) is 34.5. The van der Waals surface area contributed by atoms with Crippen molar-refractivity contribution >= 4 is 16.7 Å². The monoisotopic (exact) mass is 388 g/mol. The van der Waals surface area contributed by atoms with Crippen molar-refractivity contribution < 1.29 is 10.2 Å². The van der Waals surface area contributed by atoms with E-state index in [9.17, 15) is 14.7 Å². The zero-order valence-corrected chi connectivity index (χ0v) is 15.6. The van der Waals surface area contributed by atoms with E-state index in [1.807, 2.05) is 19.1 Å². The molecule has 0 bridgehead atoms. The highest BCUT2D eigenvalue weighted by Gasteiger charge is 2.20. The van der Waals surface area contributed by atoms with E-state index in [0.717, 1.165) is 11.3 Å². The van der Waals surface area contributed by atoms with Crippen molar-refractivity contribution in [2.24, 2.45) is 5.73 Å². The third kappa shape index (κ3) is 4.03. The average molecular weight is 388 g/mol. The van der Waals surface area contributed by atoms with Crippen LogP contribution >= 0.6 is 0 Å². The van der Waals surface area contributed by atoms with Gasteiger partial charge in [-0.25, -0.2) is 9.78 Å². The average Bonchev–Trinajstić information content (AvgIpc) is 2.64. The fourth-order valence-corrected chi connectivity index (χ4v) is 3.14. The van der Waals surface area contributed by atoms with Crippen molar-refractivity contribution in [3.05, 3.63) is 38.5 Å². The molecule has 0 unspecified atom stereocenters. The van der Waals surface area contributed by atoms with E-state index in [0.29, 0.717) is 37.1 Å². The number of rotatable bonds is 8. The molecule has 0 fully saturated rings. The van der Waals surface area contributed by atoms with E-state index in [1.165, 1.54) is 0 Å². The number of hydrogen-bond acceptors (Lipinski definition) is 8. The second-order valence-electron chi connectivity index (χ2n) is 6.63. The van der Waals surface area contributed by atoms with Crippen LogP contribution in [0.3, 0.4) is 0 Å². The first-order chi connectivity index (χ1) is 13.4. The van der Waals surface area contributed by atoms with Crippen molar-refractivity contribution in [1.29, 1.82) is 0 Å². The van der Waals surface area contributed by atoms with Crippen LogP contribution in [0.15, 0.2) is 21.7 Å². The molecule has 0 spiro atoms. The van der Waals surface area contributed by atoms with E-state index in [4.69, 9.17) is 10.8 Å². The number of nitrogens with two attached hydrogens (primary N) is 1. The summed E-state index contributed by atoms with van der Waals surface area (Å²) < 4.78 is 1.71. The molecule has 1 aromatic rings. The molecule has 1 aromatic carbocycles. The van der Waals surface area contributed by atoms with E-state index in [2.05, 4.69) is 20.3 Å². The minimum Gasteiger partial charge on any atom is -0.396 e. The number of anilines is 1. The Balaban J connectivity index is 2.22. The number of aryl methyl sites for hydroxylation is 2. The molecule has 6 N–H and O–H groups in total. The number of hydrogen-bond donors (Lipinski definition) is 5. The van der Waals surface area contributed by atoms with Crippen molar-refractivity contribution in [1.82, 2.24) is 19.5 Å². The van der Waals surface area contributed by atoms with Gasteiger partial charge in [-0.2, -0.15) is 4.98 Å². The van der Waals surface area contributed by atoms with Crippen molar-refractivity contribution in [2.45, 2.75) is 32.4 Å². The highest BCUT2D eigenvalue weighted by atomic mass is 16.3. The predicted molar refractivity (Wildman–Crippen MR) is 106 cm³/mol. The summed E-state index contributed by atoms with van der Waals surface area (Å²) in [5.41, 5.74) is 7.32. The molecule has 2 heterocycles. The zero-order valence-electron chi connectivity index (χ0n) is 15.6. The first kappa shape index (κ1) is 19.9. The van der Waals surface area contributed by atoms with E-state index >= 15 is 0 Å². The number of aliphatic hydroxyl groups excluding tert-OH is 2. The Morgan fingerprint density at radius 1 is 1.29 bits per heavy atom. The molecular formula is C18H24N6O4. The maximum absolute atomic E-state index is 12.2. The van der Waals surface area contributed by atoms with E-state index in [1.54, 1.807) is 4.57 Å². The van der Waals surface area contributed by atoms with Crippen molar-refractivity contribution in [3.8, 4) is 11.5 Å². The Bertz CT molecular complexity index is 1060. The summed E-state index contributed by atoms with van der Waals surface area (Å²) in [6.45, 7) is 3.15. The number of aliphatic hydroxyl groups is 2. The molecule has 0 amide bonds. The molecule has 3 rings (SSSR count). The normalized spacial score (nSPS) is 12.6. The van der Waals surface area contributed by atoms with Crippen LogP contribution in [0.25, 0.3) is 22.6 Å². The molecule has 1 atom stereocenters. The fourth-order valence-electron chi connectivity index (χ4n) is 3.14. The van der Waals surface area contributed by atoms with Crippen LogP contribution in [0.5, 0.6) is 0 Å². The first-order valence-corrected chi connectivity index (χ1v) is 9.12.